The van der Waals surface area contributed by atoms with Gasteiger partial charge in [-0.2, -0.15) is 0 Å². The predicted molar refractivity (Wildman–Crippen MR) is 369 cm³/mol. The van der Waals surface area contributed by atoms with Crippen molar-refractivity contribution in [1.29, 1.82) is 0 Å². The zero-order valence-corrected chi connectivity index (χ0v) is 49.7. The lowest BCUT2D eigenvalue weighted by Crippen LogP contribution is -1.92. The van der Waals surface area contributed by atoms with E-state index in [-0.39, 0.29) is 0 Å². The zero-order chi connectivity index (χ0) is 57.1. The Morgan fingerprint density at radius 2 is 0.541 bits per heavy atom. The van der Waals surface area contributed by atoms with Crippen molar-refractivity contribution in [2.24, 2.45) is 0 Å². The average molecular weight is 1220 g/mol. The van der Waals surface area contributed by atoms with Crippen LogP contribution in [0.5, 0.6) is 0 Å². The van der Waals surface area contributed by atoms with Crippen molar-refractivity contribution in [3.63, 3.8) is 0 Å². The van der Waals surface area contributed by atoms with E-state index in [1.54, 1.807) is 0 Å². The molecule has 0 bridgehead atoms. The Morgan fingerprint density at radius 3 is 0.976 bits per heavy atom. The van der Waals surface area contributed by atoms with Gasteiger partial charge in [0.15, 0.2) is 0 Å². The molecule has 0 radical (unpaired) electrons. The molecule has 0 aliphatic heterocycles. The van der Waals surface area contributed by atoms with Crippen LogP contribution in [0.15, 0.2) is 337 Å². The summed E-state index contributed by atoms with van der Waals surface area (Å²) >= 11 is 6.98. The van der Waals surface area contributed by atoms with Gasteiger partial charge in [0.1, 0.15) is 0 Å². The van der Waals surface area contributed by atoms with Crippen LogP contribution < -0.4 is 0 Å². The highest BCUT2D eigenvalue weighted by molar-refractivity contribution is 9.10. The number of hydrogen-bond donors (Lipinski definition) is 0. The van der Waals surface area contributed by atoms with Crippen molar-refractivity contribution in [2.75, 3.05) is 0 Å². The van der Waals surface area contributed by atoms with Crippen molar-refractivity contribution in [3.05, 3.63) is 348 Å². The highest BCUT2D eigenvalue weighted by Gasteiger charge is 2.15. The van der Waals surface area contributed by atoms with Crippen LogP contribution >= 0.6 is 31.9 Å². The summed E-state index contributed by atoms with van der Waals surface area (Å²) in [5, 5.41) is 10.3. The molecule has 85 heavy (non-hydrogen) atoms. The highest BCUT2D eigenvalue weighted by Crippen LogP contribution is 2.38. The minimum absolute atomic E-state index is 0.916. The van der Waals surface area contributed by atoms with Crippen molar-refractivity contribution in [2.45, 2.75) is 6.42 Å². The minimum atomic E-state index is 0.916. The number of para-hydroxylation sites is 4. The fourth-order valence-corrected chi connectivity index (χ4v) is 12.6. The van der Waals surface area contributed by atoms with Gasteiger partial charge in [0.25, 0.3) is 0 Å². The molecule has 2 aromatic heterocycles. The zero-order valence-electron chi connectivity index (χ0n) is 46.5. The summed E-state index contributed by atoms with van der Waals surface area (Å²) in [4.78, 5) is 0. The number of nitrogens with zero attached hydrogens (tertiary/aromatic N) is 2. The molecular weight excluding hydrogens is 1160 g/mol. The van der Waals surface area contributed by atoms with Crippen LogP contribution in [0.4, 0.5) is 0 Å². The van der Waals surface area contributed by atoms with Crippen molar-refractivity contribution < 1.29 is 0 Å². The molecule has 0 saturated carbocycles. The van der Waals surface area contributed by atoms with E-state index in [1.807, 2.05) is 0 Å². The van der Waals surface area contributed by atoms with E-state index in [0.717, 1.165) is 15.4 Å². The maximum atomic E-state index is 3.52. The lowest BCUT2D eigenvalue weighted by atomic mass is 9.96. The van der Waals surface area contributed by atoms with Crippen molar-refractivity contribution >= 4 is 97.0 Å². The quantitative estimate of drug-likeness (QED) is 0.143. The van der Waals surface area contributed by atoms with E-state index < -0.39 is 0 Å². The summed E-state index contributed by atoms with van der Waals surface area (Å²) in [6.45, 7) is 0. The molecule has 0 aliphatic rings. The van der Waals surface area contributed by atoms with Crippen LogP contribution in [-0.2, 0) is 6.42 Å². The monoisotopic (exact) mass is 1210 g/mol. The van der Waals surface area contributed by atoms with Crippen LogP contribution in [-0.4, -0.2) is 9.13 Å². The van der Waals surface area contributed by atoms with Crippen LogP contribution in [0, 0.1) is 0 Å². The lowest BCUT2D eigenvalue weighted by molar-refractivity contribution is 1.18. The molecule has 0 amide bonds. The Labute approximate surface area is 512 Å². The average Bonchev–Trinajstić information content (AvgIpc) is 2.25. The number of halogens is 2. The second kappa shape index (κ2) is 23.8. The molecule has 0 atom stereocenters. The molecule has 16 rings (SSSR count). The van der Waals surface area contributed by atoms with E-state index >= 15 is 0 Å². The van der Waals surface area contributed by atoms with Gasteiger partial charge in [-0.25, -0.2) is 0 Å². The van der Waals surface area contributed by atoms with E-state index in [2.05, 4.69) is 369 Å². The predicted octanol–water partition coefficient (Wildman–Crippen LogP) is 23.3. The number of fused-ring (bicyclic) bond motifs is 8. The first-order chi connectivity index (χ1) is 42.0. The summed E-state index contributed by atoms with van der Waals surface area (Å²) in [6.07, 6.45) is 0.916. The molecule has 0 aliphatic carbocycles. The number of rotatable bonds is 8. The smallest absolute Gasteiger partial charge is 0.0541 e. The standard InChI is InChI=1S/C41H29N.C24H16BrN.C16H11Br/c1-2-11-35(12-3-1)42-40-16-7-6-14-38(40)39-28-34(25-26-41(39)42)31-21-17-29(18-22-31)27-30-19-23-33(24-20-30)37-15-8-10-32-9-4-5-13-36(32)37;25-19-13-10-17(11-14-19)18-12-15-24-22(16-18)21-8-4-5-9-23(21)26(24)20-6-2-1-3-7-20;17-14-10-8-13(9-11-14)16-7-3-5-12-4-1-2-6-15(12)16/h1-26,28H,27H2;1-16H;1-11H. The molecule has 4 heteroatoms. The number of aromatic nitrogens is 2. The van der Waals surface area contributed by atoms with Gasteiger partial charge in [-0.1, -0.05) is 275 Å². The van der Waals surface area contributed by atoms with Crippen LogP contribution in [0.25, 0.3) is 121 Å². The van der Waals surface area contributed by atoms with E-state index in [4.69, 9.17) is 0 Å². The van der Waals surface area contributed by atoms with E-state index in [0.29, 0.717) is 0 Å². The maximum absolute atomic E-state index is 3.52. The molecule has 14 aromatic carbocycles. The summed E-state index contributed by atoms with van der Waals surface area (Å²) in [7, 11) is 0. The fourth-order valence-electron chi connectivity index (χ4n) is 12.1. The largest absolute Gasteiger partial charge is 0.309 e. The van der Waals surface area contributed by atoms with E-state index in [9.17, 15) is 0 Å². The fraction of sp³-hybridized carbons (Fsp3) is 0.0123. The molecule has 404 valence electrons. The van der Waals surface area contributed by atoms with Gasteiger partial charge in [-0.15, -0.1) is 0 Å². The highest BCUT2D eigenvalue weighted by atomic mass is 79.9. The molecular formula is C81H56Br2N2. The molecule has 0 N–H and O–H groups in total. The Balaban J connectivity index is 0.000000126. The van der Waals surface area contributed by atoms with Gasteiger partial charge in [-0.3, -0.25) is 0 Å². The first-order valence-electron chi connectivity index (χ1n) is 28.8. The number of hydrogen-bond acceptors (Lipinski definition) is 0. The summed E-state index contributed by atoms with van der Waals surface area (Å²) < 4.78 is 6.92. The molecule has 0 unspecified atom stereocenters. The van der Waals surface area contributed by atoms with Crippen molar-refractivity contribution in [1.82, 2.24) is 9.13 Å². The Hall–Kier alpha value is -9.84. The van der Waals surface area contributed by atoms with Crippen LogP contribution in [0.3, 0.4) is 0 Å². The van der Waals surface area contributed by atoms with Gasteiger partial charge in [0.05, 0.1) is 22.1 Å². The minimum Gasteiger partial charge on any atom is -0.309 e. The van der Waals surface area contributed by atoms with Gasteiger partial charge < -0.3 is 9.13 Å². The second-order valence-corrected chi connectivity index (χ2v) is 23.3. The number of benzene rings is 14. The van der Waals surface area contributed by atoms with E-state index in [1.165, 1.54) is 132 Å². The molecule has 2 nitrogen and oxygen atoms in total. The second-order valence-electron chi connectivity index (χ2n) is 21.5. The third-order valence-corrected chi connectivity index (χ3v) is 17.3. The van der Waals surface area contributed by atoms with Gasteiger partial charge in [0.2, 0.25) is 0 Å². The van der Waals surface area contributed by atoms with Gasteiger partial charge in [0, 0.05) is 41.9 Å². The first-order valence-corrected chi connectivity index (χ1v) is 30.4. The molecule has 0 fully saturated rings. The first kappa shape index (κ1) is 53.2. The topological polar surface area (TPSA) is 9.86 Å². The summed E-state index contributed by atoms with van der Waals surface area (Å²) in [6, 6.07) is 117. The Bertz CT molecular complexity index is 4990. The third kappa shape index (κ3) is 10.9. The Morgan fingerprint density at radius 1 is 0.224 bits per heavy atom. The molecule has 0 saturated heterocycles. The summed E-state index contributed by atoms with van der Waals surface area (Å²) in [5.41, 5.74) is 20.0. The molecule has 2 heterocycles. The van der Waals surface area contributed by atoms with Gasteiger partial charge >= 0.3 is 0 Å². The maximum Gasteiger partial charge on any atom is 0.0541 e. The Kier molecular flexibility index (Phi) is 14.9. The normalized spacial score (nSPS) is 11.2. The summed E-state index contributed by atoms with van der Waals surface area (Å²) in [5.74, 6) is 0. The SMILES string of the molecule is Brc1ccc(-c2ccc3c(c2)c2ccccc2n3-c2ccccc2)cc1.Brc1ccc(-c2cccc3ccccc23)cc1.c1ccc(-n2c3ccccc3c3cc(-c4ccc(Cc5ccc(-c6cccc7ccccc67)cc5)cc4)ccc32)cc1. The molecule has 16 aromatic rings. The lowest BCUT2D eigenvalue weighted by Gasteiger charge is -2.09. The molecule has 0 spiro atoms. The van der Waals surface area contributed by atoms with Crippen LogP contribution in [0.1, 0.15) is 11.1 Å². The van der Waals surface area contributed by atoms with Crippen molar-refractivity contribution in [3.8, 4) is 55.9 Å². The third-order valence-electron chi connectivity index (χ3n) is 16.2. The van der Waals surface area contributed by atoms with Gasteiger partial charge in [-0.05, 0) is 169 Å². The van der Waals surface area contributed by atoms with Crippen LogP contribution in [0.2, 0.25) is 0 Å².